The summed E-state index contributed by atoms with van der Waals surface area (Å²) >= 11 is 1.28. The van der Waals surface area contributed by atoms with Crippen LogP contribution in [0.1, 0.15) is 30.0 Å². The normalized spacial score (nSPS) is 11.8. The molecule has 1 atom stereocenters. The quantitative estimate of drug-likeness (QED) is 0.407. The number of ether oxygens (including phenoxy) is 2. The Kier molecular flexibility index (Phi) is 6.64. The van der Waals surface area contributed by atoms with E-state index in [0.29, 0.717) is 17.5 Å². The van der Waals surface area contributed by atoms with Crippen LogP contribution in [0.4, 0.5) is 0 Å². The average molecular weight is 361 g/mol. The van der Waals surface area contributed by atoms with Crippen molar-refractivity contribution in [1.82, 2.24) is 14.8 Å². The van der Waals surface area contributed by atoms with Gasteiger partial charge in [-0.05, 0) is 32.4 Å². The lowest BCUT2D eigenvalue weighted by Crippen LogP contribution is -2.13. The van der Waals surface area contributed by atoms with Gasteiger partial charge in [-0.15, -0.1) is 16.8 Å². The highest BCUT2D eigenvalue weighted by atomic mass is 32.2. The van der Waals surface area contributed by atoms with Crippen molar-refractivity contribution in [3.63, 3.8) is 0 Å². The van der Waals surface area contributed by atoms with Crippen LogP contribution in [0.5, 0.6) is 5.75 Å². The minimum atomic E-state index is -0.306. The molecule has 25 heavy (non-hydrogen) atoms. The summed E-state index contributed by atoms with van der Waals surface area (Å²) in [5, 5.41) is 9.07. The topological polar surface area (TPSA) is 66.2 Å². The van der Waals surface area contributed by atoms with Gasteiger partial charge in [0.2, 0.25) is 0 Å². The third-order valence-corrected chi connectivity index (χ3v) is 4.54. The third-order valence-electron chi connectivity index (χ3n) is 3.60. The second-order valence-electron chi connectivity index (χ2n) is 5.63. The Hall–Kier alpha value is -2.28. The lowest BCUT2D eigenvalue weighted by Gasteiger charge is -2.17. The zero-order valence-corrected chi connectivity index (χ0v) is 15.8. The highest BCUT2D eigenvalue weighted by molar-refractivity contribution is 7.99. The van der Waals surface area contributed by atoms with Gasteiger partial charge in [-0.3, -0.25) is 9.36 Å². The van der Waals surface area contributed by atoms with Crippen LogP contribution in [0, 0.1) is 13.8 Å². The summed E-state index contributed by atoms with van der Waals surface area (Å²) in [6.45, 7) is 10.3. The first-order chi connectivity index (χ1) is 12.0. The molecule has 0 radical (unpaired) electrons. The number of esters is 1. The van der Waals surface area contributed by atoms with Gasteiger partial charge in [0, 0.05) is 6.54 Å². The van der Waals surface area contributed by atoms with Crippen LogP contribution in [-0.2, 0) is 16.1 Å². The number of rotatable bonds is 8. The van der Waals surface area contributed by atoms with Crippen molar-refractivity contribution < 1.29 is 14.3 Å². The molecule has 0 fully saturated rings. The maximum atomic E-state index is 11.4. The standard InChI is InChI=1S/C18H23N3O3S/c1-6-9-21-17(19-20-18(21)25-11-16(22)23-5)14(4)24-15-8-7-12(2)10-13(15)3/h6-8,10,14H,1,9,11H2,2-5H3. The maximum absolute atomic E-state index is 11.4. The monoisotopic (exact) mass is 361 g/mol. The van der Waals surface area contributed by atoms with Crippen molar-refractivity contribution in [2.45, 2.75) is 38.6 Å². The lowest BCUT2D eigenvalue weighted by atomic mass is 10.1. The van der Waals surface area contributed by atoms with E-state index in [-0.39, 0.29) is 17.8 Å². The molecule has 0 saturated carbocycles. The Morgan fingerprint density at radius 1 is 1.40 bits per heavy atom. The van der Waals surface area contributed by atoms with Gasteiger partial charge in [0.15, 0.2) is 17.1 Å². The van der Waals surface area contributed by atoms with Crippen LogP contribution < -0.4 is 4.74 Å². The fraction of sp³-hybridized carbons (Fsp3) is 0.389. The third kappa shape index (κ3) is 4.85. The summed E-state index contributed by atoms with van der Waals surface area (Å²) in [7, 11) is 1.36. The minimum absolute atomic E-state index is 0.179. The Morgan fingerprint density at radius 3 is 2.80 bits per heavy atom. The van der Waals surface area contributed by atoms with Crippen molar-refractivity contribution in [2.24, 2.45) is 0 Å². The minimum Gasteiger partial charge on any atom is -0.482 e. The van der Waals surface area contributed by atoms with Crippen molar-refractivity contribution in [1.29, 1.82) is 0 Å². The Balaban J connectivity index is 2.20. The largest absolute Gasteiger partial charge is 0.482 e. The molecule has 0 spiro atoms. The molecule has 7 heteroatoms. The number of hydrogen-bond acceptors (Lipinski definition) is 6. The Morgan fingerprint density at radius 2 is 2.16 bits per heavy atom. The second-order valence-corrected chi connectivity index (χ2v) is 6.58. The molecular formula is C18H23N3O3S. The molecule has 0 saturated heterocycles. The first-order valence-electron chi connectivity index (χ1n) is 7.93. The second kappa shape index (κ2) is 8.71. The summed E-state index contributed by atoms with van der Waals surface area (Å²) in [5.74, 6) is 1.37. The molecule has 2 aromatic rings. The molecule has 0 aliphatic rings. The predicted molar refractivity (Wildman–Crippen MR) is 97.9 cm³/mol. The number of thioether (sulfide) groups is 1. The van der Waals surface area contributed by atoms with Crippen LogP contribution in [-0.4, -0.2) is 33.6 Å². The van der Waals surface area contributed by atoms with Gasteiger partial charge in [0.25, 0.3) is 0 Å². The molecule has 2 rings (SSSR count). The fourth-order valence-corrected chi connectivity index (χ4v) is 3.15. The van der Waals surface area contributed by atoms with E-state index in [1.165, 1.54) is 24.4 Å². The van der Waals surface area contributed by atoms with Crippen molar-refractivity contribution in [2.75, 3.05) is 12.9 Å². The predicted octanol–water partition coefficient (Wildman–Crippen LogP) is 3.49. The van der Waals surface area contributed by atoms with Crippen LogP contribution in [0.3, 0.4) is 0 Å². The highest BCUT2D eigenvalue weighted by Crippen LogP contribution is 2.27. The molecule has 0 aliphatic heterocycles. The van der Waals surface area contributed by atoms with Crippen LogP contribution in [0.15, 0.2) is 36.0 Å². The maximum Gasteiger partial charge on any atom is 0.316 e. The first-order valence-corrected chi connectivity index (χ1v) is 8.92. The molecule has 134 valence electrons. The van der Waals surface area contributed by atoms with Crippen molar-refractivity contribution in [3.05, 3.63) is 47.8 Å². The van der Waals surface area contributed by atoms with E-state index in [1.54, 1.807) is 6.08 Å². The lowest BCUT2D eigenvalue weighted by molar-refractivity contribution is -0.137. The molecule has 0 bridgehead atoms. The van der Waals surface area contributed by atoms with Gasteiger partial charge in [-0.25, -0.2) is 0 Å². The summed E-state index contributed by atoms with van der Waals surface area (Å²) in [5.41, 5.74) is 2.26. The number of hydrogen-bond donors (Lipinski definition) is 0. The number of nitrogens with zero attached hydrogens (tertiary/aromatic N) is 3. The number of carbonyl (C=O) groups excluding carboxylic acids is 1. The number of methoxy groups -OCH3 is 1. The molecule has 1 unspecified atom stereocenters. The van der Waals surface area contributed by atoms with Gasteiger partial charge in [-0.2, -0.15) is 0 Å². The number of benzene rings is 1. The molecule has 0 N–H and O–H groups in total. The van der Waals surface area contributed by atoms with Gasteiger partial charge < -0.3 is 9.47 Å². The fourth-order valence-electron chi connectivity index (χ4n) is 2.37. The summed E-state index contributed by atoms with van der Waals surface area (Å²) in [4.78, 5) is 11.4. The zero-order valence-electron chi connectivity index (χ0n) is 15.0. The van der Waals surface area contributed by atoms with Gasteiger partial charge >= 0.3 is 5.97 Å². The first kappa shape index (κ1) is 19.1. The van der Waals surface area contributed by atoms with Crippen molar-refractivity contribution in [3.8, 4) is 5.75 Å². The molecule has 1 aromatic heterocycles. The van der Waals surface area contributed by atoms with E-state index in [2.05, 4.69) is 27.6 Å². The summed E-state index contributed by atoms with van der Waals surface area (Å²) in [6, 6.07) is 6.05. The number of carbonyl (C=O) groups is 1. The van der Waals surface area contributed by atoms with Gasteiger partial charge in [-0.1, -0.05) is 35.5 Å². The number of allylic oxidation sites excluding steroid dienone is 1. The van der Waals surface area contributed by atoms with E-state index in [1.807, 2.05) is 37.5 Å². The highest BCUT2D eigenvalue weighted by Gasteiger charge is 2.20. The molecular weight excluding hydrogens is 338 g/mol. The van der Waals surface area contributed by atoms with Crippen LogP contribution >= 0.6 is 11.8 Å². The van der Waals surface area contributed by atoms with E-state index in [9.17, 15) is 4.79 Å². The summed E-state index contributed by atoms with van der Waals surface area (Å²) in [6.07, 6.45) is 1.47. The van der Waals surface area contributed by atoms with E-state index in [0.717, 1.165) is 11.3 Å². The van der Waals surface area contributed by atoms with Crippen LogP contribution in [0.2, 0.25) is 0 Å². The molecule has 6 nitrogen and oxygen atoms in total. The molecule has 0 aliphatic carbocycles. The Labute approximate surface area is 152 Å². The number of aryl methyl sites for hydroxylation is 2. The molecule has 1 heterocycles. The van der Waals surface area contributed by atoms with Gasteiger partial charge in [0.05, 0.1) is 12.9 Å². The van der Waals surface area contributed by atoms with Gasteiger partial charge in [0.1, 0.15) is 5.75 Å². The van der Waals surface area contributed by atoms with E-state index >= 15 is 0 Å². The Bertz CT molecular complexity index is 758. The molecule has 1 aromatic carbocycles. The van der Waals surface area contributed by atoms with E-state index < -0.39 is 0 Å². The van der Waals surface area contributed by atoms with Crippen LogP contribution in [0.25, 0.3) is 0 Å². The SMILES string of the molecule is C=CCn1c(SCC(=O)OC)nnc1C(C)Oc1ccc(C)cc1C. The van der Waals surface area contributed by atoms with E-state index in [4.69, 9.17) is 4.74 Å². The molecule has 0 amide bonds. The average Bonchev–Trinajstić information content (AvgIpc) is 2.98. The smallest absolute Gasteiger partial charge is 0.316 e. The van der Waals surface area contributed by atoms with Crippen molar-refractivity contribution >= 4 is 17.7 Å². The zero-order chi connectivity index (χ0) is 18.4. The number of aromatic nitrogens is 3. The summed E-state index contributed by atoms with van der Waals surface area (Å²) < 4.78 is 12.6.